The number of rotatable bonds is 5. The second kappa shape index (κ2) is 5.89. The third kappa shape index (κ3) is 3.79. The molecule has 1 saturated carbocycles. The molecule has 1 heteroatoms. The van der Waals surface area contributed by atoms with Gasteiger partial charge in [-0.1, -0.05) is 34.1 Å². The highest BCUT2D eigenvalue weighted by molar-refractivity contribution is 4.87. The lowest BCUT2D eigenvalue weighted by Crippen LogP contribution is -2.39. The predicted molar refractivity (Wildman–Crippen MR) is 68.0 cm³/mol. The van der Waals surface area contributed by atoms with Crippen molar-refractivity contribution in [2.45, 2.75) is 72.4 Å². The molecule has 0 amide bonds. The van der Waals surface area contributed by atoms with E-state index in [4.69, 9.17) is 0 Å². The van der Waals surface area contributed by atoms with Gasteiger partial charge in [0.25, 0.3) is 0 Å². The van der Waals surface area contributed by atoms with E-state index in [1.807, 2.05) is 0 Å². The first-order valence-corrected chi connectivity index (χ1v) is 6.80. The van der Waals surface area contributed by atoms with Crippen molar-refractivity contribution in [3.63, 3.8) is 0 Å². The van der Waals surface area contributed by atoms with Gasteiger partial charge in [0.05, 0.1) is 0 Å². The Kier molecular flexibility index (Phi) is 5.11. The first kappa shape index (κ1) is 13.0. The van der Waals surface area contributed by atoms with E-state index in [0.717, 1.165) is 23.8 Å². The molecule has 1 aliphatic carbocycles. The monoisotopic (exact) mass is 211 g/mol. The number of hydrogen-bond acceptors (Lipinski definition) is 1. The van der Waals surface area contributed by atoms with Crippen molar-refractivity contribution in [2.24, 2.45) is 17.8 Å². The zero-order valence-electron chi connectivity index (χ0n) is 11.2. The Morgan fingerprint density at radius 3 is 2.33 bits per heavy atom. The molecule has 4 atom stereocenters. The van der Waals surface area contributed by atoms with Crippen molar-refractivity contribution in [1.82, 2.24) is 5.32 Å². The Morgan fingerprint density at radius 2 is 1.87 bits per heavy atom. The van der Waals surface area contributed by atoms with Crippen LogP contribution in [0.3, 0.4) is 0 Å². The molecule has 0 heterocycles. The Balaban J connectivity index is 2.33. The van der Waals surface area contributed by atoms with Crippen molar-refractivity contribution in [3.05, 3.63) is 0 Å². The lowest BCUT2D eigenvalue weighted by molar-refractivity contribution is 0.309. The first-order chi connectivity index (χ1) is 7.04. The van der Waals surface area contributed by atoms with E-state index < -0.39 is 0 Å². The SMILES string of the molecule is CCC1CCC(NC(C)CC(C)C)C1C. The van der Waals surface area contributed by atoms with Crippen molar-refractivity contribution in [3.8, 4) is 0 Å². The van der Waals surface area contributed by atoms with Crippen LogP contribution in [-0.2, 0) is 0 Å². The van der Waals surface area contributed by atoms with Gasteiger partial charge in [-0.05, 0) is 43.9 Å². The van der Waals surface area contributed by atoms with Crippen LogP contribution in [0.4, 0.5) is 0 Å². The van der Waals surface area contributed by atoms with Gasteiger partial charge in [0.1, 0.15) is 0 Å². The van der Waals surface area contributed by atoms with Gasteiger partial charge in [0.2, 0.25) is 0 Å². The summed E-state index contributed by atoms with van der Waals surface area (Å²) < 4.78 is 0. The molecule has 0 radical (unpaired) electrons. The molecule has 1 rings (SSSR count). The second-order valence-electron chi connectivity index (χ2n) is 5.91. The van der Waals surface area contributed by atoms with E-state index in [2.05, 4.69) is 39.9 Å². The van der Waals surface area contributed by atoms with Crippen LogP contribution in [0.25, 0.3) is 0 Å². The lowest BCUT2D eigenvalue weighted by Gasteiger charge is -2.25. The predicted octanol–water partition coefficient (Wildman–Crippen LogP) is 3.84. The van der Waals surface area contributed by atoms with Crippen LogP contribution in [0.1, 0.15) is 60.3 Å². The lowest BCUT2D eigenvalue weighted by atomic mass is 9.93. The zero-order valence-corrected chi connectivity index (χ0v) is 11.2. The third-order valence-corrected chi connectivity index (χ3v) is 4.07. The van der Waals surface area contributed by atoms with Crippen molar-refractivity contribution in [1.29, 1.82) is 0 Å². The first-order valence-electron chi connectivity index (χ1n) is 6.80. The summed E-state index contributed by atoms with van der Waals surface area (Å²) in [4.78, 5) is 0. The summed E-state index contributed by atoms with van der Waals surface area (Å²) in [7, 11) is 0. The molecule has 0 bridgehead atoms. The maximum Gasteiger partial charge on any atom is 0.00979 e. The van der Waals surface area contributed by atoms with E-state index in [9.17, 15) is 0 Å². The minimum Gasteiger partial charge on any atom is -0.311 e. The maximum atomic E-state index is 3.82. The fourth-order valence-electron chi connectivity index (χ4n) is 3.20. The molecule has 0 aromatic heterocycles. The molecule has 90 valence electrons. The fourth-order valence-corrected chi connectivity index (χ4v) is 3.20. The zero-order chi connectivity index (χ0) is 11.4. The molecule has 1 fully saturated rings. The van der Waals surface area contributed by atoms with Gasteiger partial charge in [-0.2, -0.15) is 0 Å². The highest BCUT2D eigenvalue weighted by Crippen LogP contribution is 2.34. The molecule has 1 nitrogen and oxygen atoms in total. The van der Waals surface area contributed by atoms with E-state index in [1.165, 1.54) is 25.7 Å². The van der Waals surface area contributed by atoms with Crippen LogP contribution in [-0.4, -0.2) is 12.1 Å². The van der Waals surface area contributed by atoms with Gasteiger partial charge in [-0.15, -0.1) is 0 Å². The van der Waals surface area contributed by atoms with Gasteiger partial charge in [-0.3, -0.25) is 0 Å². The topological polar surface area (TPSA) is 12.0 Å². The summed E-state index contributed by atoms with van der Waals surface area (Å²) in [5.74, 6) is 2.66. The summed E-state index contributed by atoms with van der Waals surface area (Å²) in [5, 5.41) is 3.82. The van der Waals surface area contributed by atoms with Crippen molar-refractivity contribution in [2.75, 3.05) is 0 Å². The van der Waals surface area contributed by atoms with Gasteiger partial charge in [0.15, 0.2) is 0 Å². The largest absolute Gasteiger partial charge is 0.311 e. The van der Waals surface area contributed by atoms with Crippen molar-refractivity contribution >= 4 is 0 Å². The van der Waals surface area contributed by atoms with E-state index in [0.29, 0.717) is 6.04 Å². The van der Waals surface area contributed by atoms with Crippen LogP contribution in [0.2, 0.25) is 0 Å². The standard InChI is InChI=1S/C14H29N/c1-6-13-7-8-14(12(13)5)15-11(4)9-10(2)3/h10-15H,6-9H2,1-5H3. The molecule has 0 aliphatic heterocycles. The van der Waals surface area contributed by atoms with Gasteiger partial charge >= 0.3 is 0 Å². The van der Waals surface area contributed by atoms with Crippen LogP contribution in [0, 0.1) is 17.8 Å². The quantitative estimate of drug-likeness (QED) is 0.728. The molecule has 0 saturated heterocycles. The summed E-state index contributed by atoms with van der Waals surface area (Å²) in [6.45, 7) is 11.7. The van der Waals surface area contributed by atoms with E-state index >= 15 is 0 Å². The molecule has 0 aromatic rings. The minimum absolute atomic E-state index is 0.688. The highest BCUT2D eigenvalue weighted by atomic mass is 15.0. The molecule has 15 heavy (non-hydrogen) atoms. The highest BCUT2D eigenvalue weighted by Gasteiger charge is 2.31. The Labute approximate surface area is 96.0 Å². The van der Waals surface area contributed by atoms with E-state index in [-0.39, 0.29) is 0 Å². The molecular formula is C14H29N. The molecular weight excluding hydrogens is 182 g/mol. The van der Waals surface area contributed by atoms with E-state index in [1.54, 1.807) is 0 Å². The van der Waals surface area contributed by atoms with Gasteiger partial charge in [-0.25, -0.2) is 0 Å². The molecule has 0 aromatic carbocycles. The van der Waals surface area contributed by atoms with Crippen LogP contribution >= 0.6 is 0 Å². The molecule has 4 unspecified atom stereocenters. The molecule has 1 N–H and O–H groups in total. The average Bonchev–Trinajstić information content (AvgIpc) is 2.46. The second-order valence-corrected chi connectivity index (χ2v) is 5.91. The Morgan fingerprint density at radius 1 is 1.20 bits per heavy atom. The van der Waals surface area contributed by atoms with Crippen molar-refractivity contribution < 1.29 is 0 Å². The number of nitrogens with one attached hydrogen (secondary N) is 1. The smallest absolute Gasteiger partial charge is 0.00979 e. The maximum absolute atomic E-state index is 3.82. The normalized spacial score (nSPS) is 33.6. The van der Waals surface area contributed by atoms with Crippen LogP contribution in [0.15, 0.2) is 0 Å². The Hall–Kier alpha value is -0.0400. The minimum atomic E-state index is 0.688. The van der Waals surface area contributed by atoms with Gasteiger partial charge < -0.3 is 5.32 Å². The Bertz CT molecular complexity index is 176. The average molecular weight is 211 g/mol. The third-order valence-electron chi connectivity index (χ3n) is 4.07. The molecule has 1 aliphatic rings. The number of hydrogen-bond donors (Lipinski definition) is 1. The van der Waals surface area contributed by atoms with Gasteiger partial charge in [0, 0.05) is 12.1 Å². The summed E-state index contributed by atoms with van der Waals surface area (Å²) in [5.41, 5.74) is 0. The van der Waals surface area contributed by atoms with Crippen LogP contribution < -0.4 is 5.32 Å². The van der Waals surface area contributed by atoms with Crippen LogP contribution in [0.5, 0.6) is 0 Å². The summed E-state index contributed by atoms with van der Waals surface area (Å²) in [6.07, 6.45) is 5.49. The fraction of sp³-hybridized carbons (Fsp3) is 1.00. The summed E-state index contributed by atoms with van der Waals surface area (Å²) in [6, 6.07) is 1.47. The molecule has 0 spiro atoms. The summed E-state index contributed by atoms with van der Waals surface area (Å²) >= 11 is 0.